The van der Waals surface area contributed by atoms with Crippen molar-refractivity contribution in [3.8, 4) is 0 Å². The van der Waals surface area contributed by atoms with E-state index in [1.165, 1.54) is 12.1 Å². The summed E-state index contributed by atoms with van der Waals surface area (Å²) in [6.07, 6.45) is -5.35. The summed E-state index contributed by atoms with van der Waals surface area (Å²) < 4.78 is 43.8. The molecule has 1 aromatic rings. The van der Waals surface area contributed by atoms with E-state index < -0.39 is 24.0 Å². The molecule has 0 radical (unpaired) electrons. The molecule has 0 aromatic heterocycles. The predicted molar refractivity (Wildman–Crippen MR) is 80.3 cm³/mol. The molecule has 0 saturated carbocycles. The monoisotopic (exact) mass is 363 g/mol. The second-order valence-corrected chi connectivity index (χ2v) is 5.78. The molecule has 1 aliphatic heterocycles. The molecule has 1 heterocycles. The molecule has 25 heavy (non-hydrogen) atoms. The van der Waals surface area contributed by atoms with Crippen molar-refractivity contribution in [3.05, 3.63) is 35.4 Å². The van der Waals surface area contributed by atoms with Gasteiger partial charge in [-0.3, -0.25) is 0 Å². The van der Waals surface area contributed by atoms with Crippen LogP contribution in [0.1, 0.15) is 17.5 Å². The zero-order valence-electron chi connectivity index (χ0n) is 13.3. The van der Waals surface area contributed by atoms with Crippen molar-refractivity contribution in [2.45, 2.75) is 36.9 Å². The van der Waals surface area contributed by atoms with Gasteiger partial charge in [0.2, 0.25) is 0 Å². The number of aliphatic hydroxyl groups excluding tert-OH is 2. The van der Waals surface area contributed by atoms with E-state index in [9.17, 15) is 23.4 Å². The van der Waals surface area contributed by atoms with Gasteiger partial charge in [-0.15, -0.1) is 10.2 Å². The number of ether oxygens (including phenoxy) is 1. The first-order valence-corrected chi connectivity index (χ1v) is 7.64. The van der Waals surface area contributed by atoms with Crippen molar-refractivity contribution < 1.29 is 33.0 Å². The molecule has 0 saturated heterocycles. The molecule has 0 fully saturated rings. The summed E-state index contributed by atoms with van der Waals surface area (Å²) in [4.78, 5) is 4.25. The molecule has 0 bridgehead atoms. The fourth-order valence-electron chi connectivity index (χ4n) is 2.26. The van der Waals surface area contributed by atoms with Crippen LogP contribution >= 0.6 is 0 Å². The lowest BCUT2D eigenvalue weighted by molar-refractivity contribution is -0.166. The third-order valence-electron chi connectivity index (χ3n) is 3.73. The van der Waals surface area contributed by atoms with E-state index in [4.69, 9.17) is 10.6 Å². The van der Waals surface area contributed by atoms with Gasteiger partial charge in [0.15, 0.2) is 0 Å². The maximum absolute atomic E-state index is 12.9. The summed E-state index contributed by atoms with van der Waals surface area (Å²) in [6.45, 7) is -0.0649. The highest BCUT2D eigenvalue weighted by atomic mass is 19.4. The third-order valence-corrected chi connectivity index (χ3v) is 3.73. The number of aryl methyl sites for hydroxylation is 1. The first-order valence-electron chi connectivity index (χ1n) is 7.64. The Balaban J connectivity index is 1.75. The highest BCUT2D eigenvalue weighted by molar-refractivity contribution is 5.32. The molecule has 0 aliphatic carbocycles. The van der Waals surface area contributed by atoms with E-state index in [2.05, 4.69) is 15.1 Å². The van der Waals surface area contributed by atoms with Gasteiger partial charge < -0.3 is 19.8 Å². The van der Waals surface area contributed by atoms with Crippen molar-refractivity contribution >= 4 is 0 Å². The van der Waals surface area contributed by atoms with E-state index >= 15 is 0 Å². The highest BCUT2D eigenvalue weighted by Gasteiger charge is 2.65. The predicted octanol–water partition coefficient (Wildman–Crippen LogP) is 1.43. The largest absolute Gasteiger partial charge is 0.442 e. The molecule has 2 atom stereocenters. The Kier molecular flexibility index (Phi) is 6.47. The number of alkyl halides is 3. The average molecular weight is 363 g/mol. The molecule has 2 rings (SSSR count). The van der Waals surface area contributed by atoms with Crippen LogP contribution in [0.2, 0.25) is 0 Å². The van der Waals surface area contributed by atoms with Gasteiger partial charge in [-0.05, 0) is 18.4 Å². The van der Waals surface area contributed by atoms with Gasteiger partial charge in [-0.25, -0.2) is 5.90 Å². The second-order valence-electron chi connectivity index (χ2n) is 5.78. The first kappa shape index (κ1) is 19.7. The van der Waals surface area contributed by atoms with Crippen LogP contribution in [-0.2, 0) is 21.7 Å². The molecule has 2 unspecified atom stereocenters. The lowest BCUT2D eigenvalue weighted by Crippen LogP contribution is -2.30. The number of hydrogen-bond acceptors (Lipinski definition) is 7. The van der Waals surface area contributed by atoms with Gasteiger partial charge in [0.25, 0.3) is 0 Å². The van der Waals surface area contributed by atoms with Crippen LogP contribution in [0.4, 0.5) is 13.2 Å². The fraction of sp³-hybridized carbons (Fsp3) is 0.600. The average Bonchev–Trinajstić information content (AvgIpc) is 3.35. The van der Waals surface area contributed by atoms with Crippen molar-refractivity contribution in [2.75, 3.05) is 19.8 Å². The minimum Gasteiger partial charge on any atom is -0.391 e. The van der Waals surface area contributed by atoms with Gasteiger partial charge in [-0.1, -0.05) is 24.3 Å². The lowest BCUT2D eigenvalue weighted by Gasteiger charge is -2.15. The Hall–Kier alpha value is -1.59. The van der Waals surface area contributed by atoms with Gasteiger partial charge in [-0.2, -0.15) is 13.2 Å². The summed E-state index contributed by atoms with van der Waals surface area (Å²) in [5.74, 6) is 4.80. The highest BCUT2D eigenvalue weighted by Crippen LogP contribution is 2.52. The van der Waals surface area contributed by atoms with Crippen LogP contribution in [0.3, 0.4) is 0 Å². The molecule has 140 valence electrons. The zero-order chi connectivity index (χ0) is 18.5. The van der Waals surface area contributed by atoms with Crippen molar-refractivity contribution in [3.63, 3.8) is 0 Å². The standard InChI is InChI=1S/C15H20F3N3O4/c16-15(17,18)14(20-21-14)11-4-1-10(2-5-11)3-6-12(22)7-24-8-13(23)9-25-19/h1-2,4-5,12-13,22-23H,3,6-9,19H2. The van der Waals surface area contributed by atoms with E-state index in [-0.39, 0.29) is 25.4 Å². The van der Waals surface area contributed by atoms with Crippen molar-refractivity contribution in [1.82, 2.24) is 0 Å². The van der Waals surface area contributed by atoms with Gasteiger partial charge in [0.1, 0.15) is 6.10 Å². The van der Waals surface area contributed by atoms with Crippen molar-refractivity contribution in [1.29, 1.82) is 0 Å². The Morgan fingerprint density at radius 1 is 1.04 bits per heavy atom. The summed E-state index contributed by atoms with van der Waals surface area (Å²) >= 11 is 0. The SMILES string of the molecule is NOCC(O)COCC(O)CCc1ccc(C2(C(F)(F)F)N=N2)cc1. The molecule has 0 spiro atoms. The van der Waals surface area contributed by atoms with Crippen molar-refractivity contribution in [2.24, 2.45) is 16.1 Å². The van der Waals surface area contributed by atoms with Crippen LogP contribution < -0.4 is 5.90 Å². The topological polar surface area (TPSA) is 110 Å². The molecular weight excluding hydrogens is 343 g/mol. The Morgan fingerprint density at radius 2 is 1.64 bits per heavy atom. The molecule has 4 N–H and O–H groups in total. The quantitative estimate of drug-likeness (QED) is 0.545. The zero-order valence-corrected chi connectivity index (χ0v) is 13.3. The molecular formula is C15H20F3N3O4. The molecule has 1 aliphatic rings. The smallest absolute Gasteiger partial charge is 0.391 e. The number of rotatable bonds is 10. The van der Waals surface area contributed by atoms with Gasteiger partial charge in [0, 0.05) is 5.56 Å². The second kappa shape index (κ2) is 8.19. The number of nitrogens with zero attached hydrogens (tertiary/aromatic N) is 2. The number of halogens is 3. The number of nitrogens with two attached hydrogens (primary N) is 1. The normalized spacial score (nSPS) is 18.2. The Bertz CT molecular complexity index is 574. The fourth-order valence-corrected chi connectivity index (χ4v) is 2.26. The van der Waals surface area contributed by atoms with Gasteiger partial charge in [0.05, 0.1) is 25.9 Å². The molecule has 7 nitrogen and oxygen atoms in total. The van der Waals surface area contributed by atoms with Crippen LogP contribution in [-0.4, -0.2) is 48.4 Å². The summed E-state index contributed by atoms with van der Waals surface area (Å²) in [5, 5.41) is 25.4. The number of hydrogen-bond donors (Lipinski definition) is 3. The minimum atomic E-state index is -4.54. The van der Waals surface area contributed by atoms with E-state index in [0.29, 0.717) is 12.8 Å². The van der Waals surface area contributed by atoms with E-state index in [1.807, 2.05) is 0 Å². The van der Waals surface area contributed by atoms with Crippen LogP contribution in [0.15, 0.2) is 34.5 Å². The summed E-state index contributed by atoms with van der Waals surface area (Å²) in [7, 11) is 0. The van der Waals surface area contributed by atoms with E-state index in [1.54, 1.807) is 12.1 Å². The third kappa shape index (κ3) is 5.19. The molecule has 0 amide bonds. The number of aliphatic hydroxyl groups is 2. The maximum Gasteiger partial charge on any atom is 0.442 e. The summed E-state index contributed by atoms with van der Waals surface area (Å²) in [6, 6.07) is 5.80. The summed E-state index contributed by atoms with van der Waals surface area (Å²) in [5.41, 5.74) is -1.66. The molecule has 1 aromatic carbocycles. The van der Waals surface area contributed by atoms with E-state index in [0.717, 1.165) is 5.56 Å². The first-order chi connectivity index (χ1) is 11.8. The molecule has 10 heteroatoms. The van der Waals surface area contributed by atoms with Crippen LogP contribution in [0.25, 0.3) is 0 Å². The van der Waals surface area contributed by atoms with Crippen LogP contribution in [0, 0.1) is 0 Å². The Morgan fingerprint density at radius 3 is 2.16 bits per heavy atom. The Labute approximate surface area is 142 Å². The minimum absolute atomic E-state index is 0.0184. The van der Waals surface area contributed by atoms with Crippen LogP contribution in [0.5, 0.6) is 0 Å². The number of benzene rings is 1. The van der Waals surface area contributed by atoms with Gasteiger partial charge >= 0.3 is 11.8 Å². The maximum atomic E-state index is 12.9. The lowest BCUT2D eigenvalue weighted by atomic mass is 9.99.